The normalized spacial score (nSPS) is 14.4. The summed E-state index contributed by atoms with van der Waals surface area (Å²) in [6, 6.07) is 0. The Morgan fingerprint density at radius 1 is 1.44 bits per heavy atom. The lowest BCUT2D eigenvalue weighted by Gasteiger charge is -2.15. The van der Waals surface area contributed by atoms with Gasteiger partial charge in [0.15, 0.2) is 5.82 Å². The summed E-state index contributed by atoms with van der Waals surface area (Å²) in [6.07, 6.45) is 4.31. The molecule has 1 aromatic rings. The van der Waals surface area contributed by atoms with Crippen molar-refractivity contribution in [2.45, 2.75) is 58.9 Å². The highest BCUT2D eigenvalue weighted by atomic mass is 16.4. The first-order chi connectivity index (χ1) is 8.60. The van der Waals surface area contributed by atoms with E-state index in [9.17, 15) is 4.79 Å². The van der Waals surface area contributed by atoms with Gasteiger partial charge in [-0.15, -0.1) is 5.10 Å². The lowest BCUT2D eigenvalue weighted by Crippen LogP contribution is -2.20. The molecule has 0 saturated heterocycles. The van der Waals surface area contributed by atoms with Gasteiger partial charge in [0.25, 0.3) is 0 Å². The van der Waals surface area contributed by atoms with Crippen molar-refractivity contribution < 1.29 is 9.90 Å². The number of hydrogen-bond donors (Lipinski definition) is 1. The predicted molar refractivity (Wildman–Crippen MR) is 67.2 cm³/mol. The van der Waals surface area contributed by atoms with Gasteiger partial charge in [-0.05, 0) is 23.3 Å². The van der Waals surface area contributed by atoms with Gasteiger partial charge in [-0.3, -0.25) is 4.79 Å². The van der Waals surface area contributed by atoms with E-state index in [1.807, 2.05) is 0 Å². The molecule has 0 aliphatic carbocycles. The van der Waals surface area contributed by atoms with E-state index >= 15 is 0 Å². The van der Waals surface area contributed by atoms with E-state index < -0.39 is 11.9 Å². The Labute approximate surface area is 107 Å². The number of rotatable bonds is 8. The maximum absolute atomic E-state index is 10.9. The Kier molecular flexibility index (Phi) is 5.74. The Morgan fingerprint density at radius 3 is 2.72 bits per heavy atom. The van der Waals surface area contributed by atoms with Gasteiger partial charge in [0, 0.05) is 5.92 Å². The first-order valence-electron chi connectivity index (χ1n) is 6.58. The van der Waals surface area contributed by atoms with E-state index in [-0.39, 0.29) is 0 Å². The van der Waals surface area contributed by atoms with E-state index in [0.29, 0.717) is 12.5 Å². The van der Waals surface area contributed by atoms with Crippen LogP contribution in [0.15, 0.2) is 0 Å². The fourth-order valence-electron chi connectivity index (χ4n) is 1.94. The number of unbranched alkanes of at least 4 members (excludes halogenated alkanes) is 1. The number of aromatic nitrogens is 4. The van der Waals surface area contributed by atoms with Crippen LogP contribution >= 0.6 is 0 Å². The van der Waals surface area contributed by atoms with Crippen LogP contribution in [-0.4, -0.2) is 31.3 Å². The van der Waals surface area contributed by atoms with Crippen LogP contribution in [-0.2, 0) is 11.3 Å². The average molecular weight is 254 g/mol. The molecule has 0 aliphatic rings. The summed E-state index contributed by atoms with van der Waals surface area (Å²) in [7, 11) is 0. The maximum atomic E-state index is 10.9. The van der Waals surface area contributed by atoms with Gasteiger partial charge in [0.1, 0.15) is 0 Å². The topological polar surface area (TPSA) is 80.9 Å². The van der Waals surface area contributed by atoms with Crippen molar-refractivity contribution in [1.29, 1.82) is 0 Å². The zero-order chi connectivity index (χ0) is 13.5. The Hall–Kier alpha value is -1.46. The van der Waals surface area contributed by atoms with Crippen LogP contribution in [0.25, 0.3) is 0 Å². The second kappa shape index (κ2) is 7.08. The van der Waals surface area contributed by atoms with Gasteiger partial charge in [0.05, 0.1) is 12.5 Å². The van der Waals surface area contributed by atoms with Crippen LogP contribution < -0.4 is 0 Å². The highest BCUT2D eigenvalue weighted by Crippen LogP contribution is 2.23. The molecule has 0 aromatic carbocycles. The van der Waals surface area contributed by atoms with Crippen molar-refractivity contribution in [1.82, 2.24) is 20.2 Å². The molecule has 2 unspecified atom stereocenters. The molecule has 102 valence electrons. The summed E-state index contributed by atoms with van der Waals surface area (Å²) in [5, 5.41) is 20.6. The minimum atomic E-state index is -0.821. The minimum Gasteiger partial charge on any atom is -0.481 e. The van der Waals surface area contributed by atoms with Crippen LogP contribution in [0, 0.1) is 5.92 Å². The monoisotopic (exact) mass is 254 g/mol. The zero-order valence-electron chi connectivity index (χ0n) is 11.3. The molecule has 0 aliphatic heterocycles. The first kappa shape index (κ1) is 14.6. The number of carbonyl (C=O) groups is 1. The van der Waals surface area contributed by atoms with Gasteiger partial charge in [0.2, 0.25) is 0 Å². The molecule has 1 aromatic heterocycles. The number of nitrogens with zero attached hydrogens (tertiary/aromatic N) is 4. The molecule has 0 fully saturated rings. The van der Waals surface area contributed by atoms with Crippen LogP contribution in [0.2, 0.25) is 0 Å². The van der Waals surface area contributed by atoms with Crippen LogP contribution in [0.1, 0.15) is 58.2 Å². The van der Waals surface area contributed by atoms with E-state index in [1.165, 1.54) is 0 Å². The third kappa shape index (κ3) is 3.78. The van der Waals surface area contributed by atoms with Gasteiger partial charge >= 0.3 is 5.97 Å². The van der Waals surface area contributed by atoms with E-state index in [2.05, 4.69) is 29.4 Å². The molecule has 6 heteroatoms. The number of carboxylic acid groups (broad SMARTS) is 1. The zero-order valence-corrected chi connectivity index (χ0v) is 11.3. The third-order valence-corrected chi connectivity index (χ3v) is 3.19. The largest absolute Gasteiger partial charge is 0.481 e. The summed E-state index contributed by atoms with van der Waals surface area (Å²) >= 11 is 0. The fourth-order valence-corrected chi connectivity index (χ4v) is 1.94. The number of hydrogen-bond acceptors (Lipinski definition) is 4. The number of tetrazole rings is 1. The second-order valence-corrected chi connectivity index (χ2v) is 4.71. The van der Waals surface area contributed by atoms with E-state index in [4.69, 9.17) is 5.11 Å². The summed E-state index contributed by atoms with van der Waals surface area (Å²) in [6.45, 7) is 6.27. The lowest BCUT2D eigenvalue weighted by molar-refractivity contribution is -0.141. The first-order valence-corrected chi connectivity index (χ1v) is 6.58. The average Bonchev–Trinajstić information content (AvgIpc) is 2.78. The summed E-state index contributed by atoms with van der Waals surface area (Å²) in [4.78, 5) is 10.9. The molecule has 0 spiro atoms. The summed E-state index contributed by atoms with van der Waals surface area (Å²) < 4.78 is 1.64. The van der Waals surface area contributed by atoms with Crippen LogP contribution in [0.3, 0.4) is 0 Å². The lowest BCUT2D eigenvalue weighted by atomic mass is 9.98. The van der Waals surface area contributed by atoms with Crippen molar-refractivity contribution in [3.63, 3.8) is 0 Å². The van der Waals surface area contributed by atoms with Gasteiger partial charge in [-0.25, -0.2) is 4.68 Å². The number of aliphatic carboxylic acids is 1. The summed E-state index contributed by atoms with van der Waals surface area (Å²) in [5.74, 6) is -0.158. The molecule has 0 saturated carbocycles. The Bertz CT molecular complexity index is 378. The molecule has 0 radical (unpaired) electrons. The molecule has 1 heterocycles. The molecular formula is C12H22N4O2. The van der Waals surface area contributed by atoms with Crippen molar-refractivity contribution in [2.75, 3.05) is 0 Å². The molecular weight excluding hydrogens is 232 g/mol. The highest BCUT2D eigenvalue weighted by Gasteiger charge is 2.20. The minimum absolute atomic E-state index is 0.320. The molecule has 0 bridgehead atoms. The van der Waals surface area contributed by atoms with Crippen molar-refractivity contribution in [3.8, 4) is 0 Å². The van der Waals surface area contributed by atoms with Crippen LogP contribution in [0.4, 0.5) is 0 Å². The van der Waals surface area contributed by atoms with E-state index in [1.54, 1.807) is 11.6 Å². The summed E-state index contributed by atoms with van der Waals surface area (Å²) in [5.41, 5.74) is 0. The van der Waals surface area contributed by atoms with Crippen molar-refractivity contribution >= 4 is 5.97 Å². The SMILES string of the molecule is CCCCC(CC)c1nnnn1CC(C)C(=O)O. The van der Waals surface area contributed by atoms with Crippen LogP contribution in [0.5, 0.6) is 0 Å². The van der Waals surface area contributed by atoms with Gasteiger partial charge in [-0.1, -0.05) is 33.6 Å². The molecule has 0 amide bonds. The third-order valence-electron chi connectivity index (χ3n) is 3.19. The molecule has 2 atom stereocenters. The standard InChI is InChI=1S/C12H22N4O2/c1-4-6-7-10(5-2)11-13-14-15-16(11)8-9(3)12(17)18/h9-10H,4-8H2,1-3H3,(H,17,18). The molecule has 1 N–H and O–H groups in total. The second-order valence-electron chi connectivity index (χ2n) is 4.71. The fraction of sp³-hybridized carbons (Fsp3) is 0.833. The van der Waals surface area contributed by atoms with Gasteiger partial charge < -0.3 is 5.11 Å². The van der Waals surface area contributed by atoms with Crippen molar-refractivity contribution in [2.24, 2.45) is 5.92 Å². The molecule has 18 heavy (non-hydrogen) atoms. The number of carboxylic acids is 1. The quantitative estimate of drug-likeness (QED) is 0.768. The predicted octanol–water partition coefficient (Wildman–Crippen LogP) is 2.08. The van der Waals surface area contributed by atoms with Crippen molar-refractivity contribution in [3.05, 3.63) is 5.82 Å². The highest BCUT2D eigenvalue weighted by molar-refractivity contribution is 5.69. The maximum Gasteiger partial charge on any atom is 0.308 e. The molecule has 1 rings (SSSR count). The van der Waals surface area contributed by atoms with Gasteiger partial charge in [-0.2, -0.15) is 0 Å². The Balaban J connectivity index is 2.76. The smallest absolute Gasteiger partial charge is 0.308 e. The Morgan fingerprint density at radius 2 is 2.17 bits per heavy atom. The molecule has 6 nitrogen and oxygen atoms in total. The van der Waals surface area contributed by atoms with E-state index in [0.717, 1.165) is 31.5 Å².